The Kier molecular flexibility index (Phi) is 4.95. The molecule has 0 aliphatic carbocycles. The molecule has 1 aliphatic heterocycles. The van der Waals surface area contributed by atoms with Gasteiger partial charge in [0, 0.05) is 33.3 Å². The zero-order valence-electron chi connectivity index (χ0n) is 11.8. The molecule has 1 amide bonds. The second kappa shape index (κ2) is 5.83. The highest BCUT2D eigenvalue weighted by atomic mass is 16.5. The van der Waals surface area contributed by atoms with Crippen LogP contribution in [0.2, 0.25) is 0 Å². The number of carbonyl (C=O) groups excluding carboxylic acids is 1. The quantitative estimate of drug-likeness (QED) is 0.746. The van der Waals surface area contributed by atoms with Crippen LogP contribution in [0.15, 0.2) is 0 Å². The topological polar surface area (TPSA) is 32.8 Å². The summed E-state index contributed by atoms with van der Waals surface area (Å²) in [5.74, 6) is 0.0787. The van der Waals surface area contributed by atoms with Gasteiger partial charge in [-0.25, -0.2) is 0 Å². The number of piperidine rings is 1. The number of hydrogen-bond donors (Lipinski definition) is 0. The van der Waals surface area contributed by atoms with Crippen LogP contribution in [0.4, 0.5) is 0 Å². The fourth-order valence-electron chi connectivity index (χ4n) is 2.30. The van der Waals surface area contributed by atoms with E-state index in [1.54, 1.807) is 7.11 Å². The fraction of sp³-hybridized carbons (Fsp3) is 0.923. The number of rotatable bonds is 4. The lowest BCUT2D eigenvalue weighted by molar-refractivity contribution is -0.152. The Morgan fingerprint density at radius 3 is 2.35 bits per heavy atom. The van der Waals surface area contributed by atoms with Gasteiger partial charge in [-0.1, -0.05) is 6.92 Å². The van der Waals surface area contributed by atoms with Gasteiger partial charge in [0.15, 0.2) is 0 Å². The Balaban J connectivity index is 2.54. The van der Waals surface area contributed by atoms with Crippen LogP contribution < -0.4 is 0 Å². The highest BCUT2D eigenvalue weighted by molar-refractivity contribution is 5.84. The Morgan fingerprint density at radius 1 is 1.41 bits per heavy atom. The zero-order valence-corrected chi connectivity index (χ0v) is 11.8. The van der Waals surface area contributed by atoms with E-state index < -0.39 is 5.60 Å². The highest BCUT2D eigenvalue weighted by Crippen LogP contribution is 2.19. The van der Waals surface area contributed by atoms with Crippen LogP contribution in [0.1, 0.15) is 33.6 Å². The van der Waals surface area contributed by atoms with E-state index in [1.807, 2.05) is 25.8 Å². The highest BCUT2D eigenvalue weighted by Gasteiger charge is 2.34. The van der Waals surface area contributed by atoms with Gasteiger partial charge < -0.3 is 14.5 Å². The maximum atomic E-state index is 12.2. The lowest BCUT2D eigenvalue weighted by Crippen LogP contribution is -2.52. The molecule has 0 spiro atoms. The minimum absolute atomic E-state index is 0.0787. The number of ether oxygens (including phenoxy) is 1. The fourth-order valence-corrected chi connectivity index (χ4v) is 2.30. The molecule has 1 saturated heterocycles. The monoisotopic (exact) mass is 242 g/mol. The van der Waals surface area contributed by atoms with Crippen molar-refractivity contribution in [3.63, 3.8) is 0 Å². The van der Waals surface area contributed by atoms with Crippen LogP contribution in [0.3, 0.4) is 0 Å². The van der Waals surface area contributed by atoms with Crippen LogP contribution in [-0.4, -0.2) is 61.1 Å². The van der Waals surface area contributed by atoms with Crippen molar-refractivity contribution in [1.82, 2.24) is 9.80 Å². The summed E-state index contributed by atoms with van der Waals surface area (Å²) in [5, 5.41) is 0. The summed E-state index contributed by atoms with van der Waals surface area (Å²) in [6.45, 7) is 9.12. The van der Waals surface area contributed by atoms with Gasteiger partial charge in [0.2, 0.25) is 0 Å². The maximum Gasteiger partial charge on any atom is 0.254 e. The largest absolute Gasteiger partial charge is 0.369 e. The predicted octanol–water partition coefficient (Wildman–Crippen LogP) is 1.35. The Bertz CT molecular complexity index is 258. The van der Waals surface area contributed by atoms with Gasteiger partial charge in [0.1, 0.15) is 5.60 Å². The van der Waals surface area contributed by atoms with Crippen LogP contribution in [0, 0.1) is 0 Å². The molecule has 1 fully saturated rings. The molecule has 17 heavy (non-hydrogen) atoms. The second-order valence-electron chi connectivity index (χ2n) is 5.30. The molecular formula is C13H26N2O2. The SMILES string of the molecule is CCN1CCC(N(C)C(=O)C(C)(C)OC)CC1. The van der Waals surface area contributed by atoms with Gasteiger partial charge in [-0.05, 0) is 33.2 Å². The molecule has 0 saturated carbocycles. The molecule has 1 rings (SSSR count). The summed E-state index contributed by atoms with van der Waals surface area (Å²) in [6.07, 6.45) is 2.13. The first-order chi connectivity index (χ1) is 7.92. The minimum Gasteiger partial charge on any atom is -0.369 e. The smallest absolute Gasteiger partial charge is 0.254 e. The third-order valence-corrected chi connectivity index (χ3v) is 3.90. The first-order valence-corrected chi connectivity index (χ1v) is 6.47. The van der Waals surface area contributed by atoms with Crippen LogP contribution in [0.25, 0.3) is 0 Å². The van der Waals surface area contributed by atoms with Crippen molar-refractivity contribution < 1.29 is 9.53 Å². The third-order valence-electron chi connectivity index (χ3n) is 3.90. The molecule has 0 aromatic rings. The molecule has 1 heterocycles. The molecule has 1 aliphatic rings. The average Bonchev–Trinajstić information content (AvgIpc) is 2.37. The summed E-state index contributed by atoms with van der Waals surface area (Å²) in [6, 6.07) is 0.361. The number of amides is 1. The number of carbonyl (C=O) groups is 1. The summed E-state index contributed by atoms with van der Waals surface area (Å²) in [4.78, 5) is 16.5. The van der Waals surface area contributed by atoms with Gasteiger partial charge in [-0.3, -0.25) is 4.79 Å². The minimum atomic E-state index is -0.712. The van der Waals surface area contributed by atoms with E-state index in [4.69, 9.17) is 4.74 Å². The van der Waals surface area contributed by atoms with Crippen molar-refractivity contribution in [2.45, 2.75) is 45.3 Å². The summed E-state index contributed by atoms with van der Waals surface area (Å²) in [5.41, 5.74) is -0.712. The Labute approximate surface area is 105 Å². The van der Waals surface area contributed by atoms with E-state index in [9.17, 15) is 4.79 Å². The Morgan fingerprint density at radius 2 is 1.94 bits per heavy atom. The lowest BCUT2D eigenvalue weighted by atomic mass is 10.0. The van der Waals surface area contributed by atoms with Gasteiger partial charge in [-0.15, -0.1) is 0 Å². The lowest BCUT2D eigenvalue weighted by Gasteiger charge is -2.39. The molecule has 0 radical (unpaired) electrons. The van der Waals surface area contributed by atoms with Crippen molar-refractivity contribution in [2.24, 2.45) is 0 Å². The second-order valence-corrected chi connectivity index (χ2v) is 5.30. The molecule has 0 aromatic heterocycles. The number of methoxy groups -OCH3 is 1. The van der Waals surface area contributed by atoms with E-state index in [1.165, 1.54) is 0 Å². The molecule has 0 N–H and O–H groups in total. The molecule has 0 aromatic carbocycles. The van der Waals surface area contributed by atoms with E-state index in [-0.39, 0.29) is 5.91 Å². The molecule has 0 unspecified atom stereocenters. The number of likely N-dealkylation sites (N-methyl/N-ethyl adjacent to an activating group) is 1. The molecular weight excluding hydrogens is 216 g/mol. The van der Waals surface area contributed by atoms with Crippen LogP contribution >= 0.6 is 0 Å². The van der Waals surface area contributed by atoms with E-state index in [0.29, 0.717) is 6.04 Å². The summed E-state index contributed by atoms with van der Waals surface area (Å²) < 4.78 is 5.25. The van der Waals surface area contributed by atoms with E-state index in [0.717, 1.165) is 32.5 Å². The van der Waals surface area contributed by atoms with E-state index >= 15 is 0 Å². The van der Waals surface area contributed by atoms with Gasteiger partial charge in [0.25, 0.3) is 5.91 Å². The van der Waals surface area contributed by atoms with Crippen molar-refractivity contribution in [2.75, 3.05) is 33.8 Å². The first-order valence-electron chi connectivity index (χ1n) is 6.47. The molecule has 4 heteroatoms. The predicted molar refractivity (Wildman–Crippen MR) is 69.0 cm³/mol. The van der Waals surface area contributed by atoms with Gasteiger partial charge >= 0.3 is 0 Å². The average molecular weight is 242 g/mol. The van der Waals surface area contributed by atoms with E-state index in [2.05, 4.69) is 11.8 Å². The van der Waals surface area contributed by atoms with Crippen LogP contribution in [0.5, 0.6) is 0 Å². The molecule has 4 nitrogen and oxygen atoms in total. The number of hydrogen-bond acceptors (Lipinski definition) is 3. The first kappa shape index (κ1) is 14.5. The molecule has 0 bridgehead atoms. The summed E-state index contributed by atoms with van der Waals surface area (Å²) >= 11 is 0. The zero-order chi connectivity index (χ0) is 13.1. The van der Waals surface area contributed by atoms with Crippen molar-refractivity contribution in [3.05, 3.63) is 0 Å². The Hall–Kier alpha value is -0.610. The van der Waals surface area contributed by atoms with Gasteiger partial charge in [-0.2, -0.15) is 0 Å². The third kappa shape index (κ3) is 3.42. The van der Waals surface area contributed by atoms with Crippen LogP contribution in [-0.2, 0) is 9.53 Å². The standard InChI is InChI=1S/C13H26N2O2/c1-6-15-9-7-11(8-10-15)14(4)12(16)13(2,3)17-5/h11H,6-10H2,1-5H3. The molecule has 100 valence electrons. The maximum absolute atomic E-state index is 12.2. The van der Waals surface area contributed by atoms with Crippen molar-refractivity contribution in [3.8, 4) is 0 Å². The normalized spacial score (nSPS) is 19.4. The number of nitrogens with zero attached hydrogens (tertiary/aromatic N) is 2. The molecule has 0 atom stereocenters. The van der Waals surface area contributed by atoms with Crippen molar-refractivity contribution in [1.29, 1.82) is 0 Å². The van der Waals surface area contributed by atoms with Gasteiger partial charge in [0.05, 0.1) is 0 Å². The number of likely N-dealkylation sites (tertiary alicyclic amines) is 1. The van der Waals surface area contributed by atoms with Crippen molar-refractivity contribution >= 4 is 5.91 Å². The summed E-state index contributed by atoms with van der Waals surface area (Å²) in [7, 11) is 3.49.